The van der Waals surface area contributed by atoms with Crippen molar-refractivity contribution >= 4 is 56.7 Å². The minimum atomic E-state index is -0.498. The van der Waals surface area contributed by atoms with Gasteiger partial charge in [-0.15, -0.1) is 0 Å². The zero-order valence-corrected chi connectivity index (χ0v) is 14.5. The van der Waals surface area contributed by atoms with E-state index in [9.17, 15) is 14.9 Å². The first-order valence-electron chi connectivity index (χ1n) is 6.60. The lowest BCUT2D eigenvalue weighted by Gasteiger charge is -2.07. The molecule has 0 bridgehead atoms. The summed E-state index contributed by atoms with van der Waals surface area (Å²) in [5.74, 6) is 0.0299. The molecule has 0 atom stereocenters. The van der Waals surface area contributed by atoms with Crippen molar-refractivity contribution in [3.8, 4) is 0 Å². The van der Waals surface area contributed by atoms with Gasteiger partial charge < -0.3 is 5.32 Å². The second kappa shape index (κ2) is 8.27. The van der Waals surface area contributed by atoms with E-state index in [0.29, 0.717) is 11.4 Å². The van der Waals surface area contributed by atoms with Crippen LogP contribution in [-0.4, -0.2) is 20.9 Å². The van der Waals surface area contributed by atoms with E-state index in [1.54, 1.807) is 30.5 Å². The number of carbonyl (C=O) groups is 1. The first-order valence-corrected chi connectivity index (χ1v) is 7.80. The molecule has 2 rings (SSSR count). The van der Waals surface area contributed by atoms with Crippen molar-refractivity contribution in [3.05, 3.63) is 68.8 Å². The molecular weight excluding hydrogens is 396 g/mol. The average Bonchev–Trinajstić information content (AvgIpc) is 2.55. The molecule has 0 radical (unpaired) electrons. The van der Waals surface area contributed by atoms with E-state index in [-0.39, 0.29) is 10.8 Å². The van der Waals surface area contributed by atoms with Gasteiger partial charge in [-0.05, 0) is 51.9 Å². The number of nitro benzene ring substituents is 1. The lowest BCUT2D eigenvalue weighted by Crippen LogP contribution is -2.33. The van der Waals surface area contributed by atoms with Gasteiger partial charge in [-0.2, -0.15) is 0 Å². The zero-order valence-electron chi connectivity index (χ0n) is 12.1. The Balaban J connectivity index is 1.92. The molecule has 24 heavy (non-hydrogen) atoms. The van der Waals surface area contributed by atoms with Crippen LogP contribution in [0.15, 0.2) is 53.1 Å². The van der Waals surface area contributed by atoms with Crippen molar-refractivity contribution in [3.63, 3.8) is 0 Å². The van der Waals surface area contributed by atoms with Gasteiger partial charge in [0.1, 0.15) is 5.82 Å². The molecule has 1 aromatic heterocycles. The minimum Gasteiger partial charge on any atom is -0.317 e. The summed E-state index contributed by atoms with van der Waals surface area (Å²) < 4.78 is 0.822. The number of carbonyl (C=O) groups excluding carboxylic acids is 1. The number of anilines is 1. The Hall–Kier alpha value is -2.65. The second-order valence-electron chi connectivity index (χ2n) is 4.49. The highest BCUT2D eigenvalue weighted by molar-refractivity contribution is 9.10. The quantitative estimate of drug-likeness (QED) is 0.350. The Labute approximate surface area is 151 Å². The summed E-state index contributed by atoms with van der Waals surface area (Å²) in [6.45, 7) is 0. The molecule has 7 nitrogen and oxygen atoms in total. The number of nitrogens with one attached hydrogen (secondary N) is 2. The predicted molar refractivity (Wildman–Crippen MR) is 98.4 cm³/mol. The molecule has 2 N–H and O–H groups in total. The van der Waals surface area contributed by atoms with Crippen molar-refractivity contribution in [1.29, 1.82) is 0 Å². The van der Waals surface area contributed by atoms with Gasteiger partial charge in [0.05, 0.1) is 4.92 Å². The van der Waals surface area contributed by atoms with Crippen LogP contribution in [0.2, 0.25) is 0 Å². The molecule has 0 aliphatic carbocycles. The molecule has 1 heterocycles. The van der Waals surface area contributed by atoms with Gasteiger partial charge in [0.15, 0.2) is 5.11 Å². The fourth-order valence-corrected chi connectivity index (χ4v) is 2.10. The van der Waals surface area contributed by atoms with Crippen LogP contribution in [-0.2, 0) is 4.79 Å². The average molecular weight is 407 g/mol. The number of thiocarbonyl (C=S) groups is 1. The molecule has 0 spiro atoms. The third-order valence-corrected chi connectivity index (χ3v) is 3.39. The number of benzene rings is 1. The number of hydrogen-bond acceptors (Lipinski definition) is 5. The monoisotopic (exact) mass is 406 g/mol. The van der Waals surface area contributed by atoms with E-state index in [1.807, 2.05) is 0 Å². The molecule has 0 saturated heterocycles. The standard InChI is InChI=1S/C15H11BrN4O3S/c16-11-5-6-13(17-9-11)18-15(24)19-14(21)7-4-10-2-1-3-12(8-10)20(22)23/h1-9H,(H2,17,18,19,21,24). The van der Waals surface area contributed by atoms with E-state index < -0.39 is 10.8 Å². The summed E-state index contributed by atoms with van der Waals surface area (Å²) in [5.41, 5.74) is 0.490. The summed E-state index contributed by atoms with van der Waals surface area (Å²) in [7, 11) is 0. The third kappa shape index (κ3) is 5.52. The lowest BCUT2D eigenvalue weighted by atomic mass is 10.2. The van der Waals surface area contributed by atoms with E-state index in [2.05, 4.69) is 31.5 Å². The number of amides is 1. The summed E-state index contributed by atoms with van der Waals surface area (Å²) in [4.78, 5) is 26.1. The Morgan fingerprint density at radius 2 is 2.12 bits per heavy atom. The van der Waals surface area contributed by atoms with Crippen LogP contribution in [0.3, 0.4) is 0 Å². The van der Waals surface area contributed by atoms with E-state index >= 15 is 0 Å². The first-order chi connectivity index (χ1) is 11.4. The van der Waals surface area contributed by atoms with Crippen molar-refractivity contribution in [2.75, 3.05) is 5.32 Å². The maximum Gasteiger partial charge on any atom is 0.270 e. The lowest BCUT2D eigenvalue weighted by molar-refractivity contribution is -0.384. The molecule has 0 fully saturated rings. The van der Waals surface area contributed by atoms with Crippen molar-refractivity contribution in [2.45, 2.75) is 0 Å². The van der Waals surface area contributed by atoms with Crippen LogP contribution >= 0.6 is 28.1 Å². The molecule has 0 unspecified atom stereocenters. The summed E-state index contributed by atoms with van der Waals surface area (Å²) in [6, 6.07) is 9.41. The smallest absolute Gasteiger partial charge is 0.270 e. The molecule has 122 valence electrons. The number of nitro groups is 1. The molecule has 1 amide bonds. The van der Waals surface area contributed by atoms with Gasteiger partial charge in [0.2, 0.25) is 5.91 Å². The van der Waals surface area contributed by atoms with Crippen LogP contribution < -0.4 is 10.6 Å². The van der Waals surface area contributed by atoms with Crippen LogP contribution in [0.5, 0.6) is 0 Å². The van der Waals surface area contributed by atoms with Crippen LogP contribution in [0, 0.1) is 10.1 Å². The molecule has 0 aliphatic heterocycles. The number of halogens is 1. The Morgan fingerprint density at radius 3 is 2.79 bits per heavy atom. The summed E-state index contributed by atoms with van der Waals surface area (Å²) in [6.07, 6.45) is 4.29. The van der Waals surface area contributed by atoms with Crippen molar-refractivity contribution < 1.29 is 9.72 Å². The zero-order chi connectivity index (χ0) is 17.5. The number of non-ortho nitro benzene ring substituents is 1. The largest absolute Gasteiger partial charge is 0.317 e. The Morgan fingerprint density at radius 1 is 1.33 bits per heavy atom. The van der Waals surface area contributed by atoms with Crippen LogP contribution in [0.1, 0.15) is 5.56 Å². The summed E-state index contributed by atoms with van der Waals surface area (Å²) in [5, 5.41) is 16.0. The first kappa shape index (κ1) is 17.7. The third-order valence-electron chi connectivity index (χ3n) is 2.71. The Kier molecular flexibility index (Phi) is 6.10. The normalized spacial score (nSPS) is 10.4. The highest BCUT2D eigenvalue weighted by atomic mass is 79.9. The molecule has 9 heteroatoms. The second-order valence-corrected chi connectivity index (χ2v) is 5.81. The van der Waals surface area contributed by atoms with Gasteiger partial charge in [-0.1, -0.05) is 12.1 Å². The predicted octanol–water partition coefficient (Wildman–Crippen LogP) is 3.28. The van der Waals surface area contributed by atoms with Gasteiger partial charge in [-0.3, -0.25) is 20.2 Å². The van der Waals surface area contributed by atoms with E-state index in [1.165, 1.54) is 24.3 Å². The number of aromatic nitrogens is 1. The molecule has 2 aromatic rings. The molecule has 0 saturated carbocycles. The molecule has 0 aliphatic rings. The van der Waals surface area contributed by atoms with Gasteiger partial charge in [0.25, 0.3) is 5.69 Å². The number of nitrogens with zero attached hydrogens (tertiary/aromatic N) is 2. The van der Waals surface area contributed by atoms with Crippen molar-refractivity contribution in [1.82, 2.24) is 10.3 Å². The molecule has 1 aromatic carbocycles. The van der Waals surface area contributed by atoms with Crippen LogP contribution in [0.4, 0.5) is 11.5 Å². The van der Waals surface area contributed by atoms with E-state index in [0.717, 1.165) is 4.47 Å². The number of hydrogen-bond donors (Lipinski definition) is 2. The van der Waals surface area contributed by atoms with Crippen LogP contribution in [0.25, 0.3) is 6.08 Å². The van der Waals surface area contributed by atoms with Gasteiger partial charge in [0, 0.05) is 28.9 Å². The topological polar surface area (TPSA) is 97.2 Å². The number of pyridine rings is 1. The highest BCUT2D eigenvalue weighted by Gasteiger charge is 2.05. The fourth-order valence-electron chi connectivity index (χ4n) is 1.66. The maximum absolute atomic E-state index is 11.8. The van der Waals surface area contributed by atoms with Gasteiger partial charge >= 0.3 is 0 Å². The highest BCUT2D eigenvalue weighted by Crippen LogP contribution is 2.14. The van der Waals surface area contributed by atoms with Gasteiger partial charge in [-0.25, -0.2) is 4.98 Å². The Bertz CT molecular complexity index is 809. The SMILES string of the molecule is O=C(C=Cc1cccc([N+](=O)[O-])c1)NC(=S)Nc1ccc(Br)cn1. The molecular formula is C15H11BrN4O3S. The maximum atomic E-state index is 11.8. The van der Waals surface area contributed by atoms with Crippen molar-refractivity contribution in [2.24, 2.45) is 0 Å². The number of rotatable bonds is 4. The fraction of sp³-hybridized carbons (Fsp3) is 0. The van der Waals surface area contributed by atoms with E-state index in [4.69, 9.17) is 12.2 Å². The minimum absolute atomic E-state index is 0.0453. The summed E-state index contributed by atoms with van der Waals surface area (Å²) >= 11 is 8.28.